The Bertz CT molecular complexity index is 322. The van der Waals surface area contributed by atoms with Crippen LogP contribution in [0.15, 0.2) is 32.8 Å². The molecule has 14 heavy (non-hydrogen) atoms. The summed E-state index contributed by atoms with van der Waals surface area (Å²) in [6, 6.07) is 3.95. The van der Waals surface area contributed by atoms with Crippen LogP contribution < -0.4 is 0 Å². The number of hydrogen-bond acceptors (Lipinski definition) is 3. The van der Waals surface area contributed by atoms with Crippen LogP contribution in [0.5, 0.6) is 0 Å². The van der Waals surface area contributed by atoms with Crippen molar-refractivity contribution in [1.82, 2.24) is 4.98 Å². The summed E-state index contributed by atoms with van der Waals surface area (Å²) in [5.74, 6) is 0. The van der Waals surface area contributed by atoms with Gasteiger partial charge in [0.15, 0.2) is 0 Å². The van der Waals surface area contributed by atoms with E-state index in [1.165, 1.54) is 5.56 Å². The maximum absolute atomic E-state index is 7.54. The summed E-state index contributed by atoms with van der Waals surface area (Å²) >= 11 is 0.547. The summed E-state index contributed by atoms with van der Waals surface area (Å²) < 4.78 is 5.66. The van der Waals surface area contributed by atoms with E-state index in [1.807, 2.05) is 25.3 Å². The van der Waals surface area contributed by atoms with Crippen molar-refractivity contribution >= 4 is 0 Å². The van der Waals surface area contributed by atoms with Gasteiger partial charge in [-0.15, -0.1) is 0 Å². The van der Waals surface area contributed by atoms with E-state index >= 15 is 0 Å². The van der Waals surface area contributed by atoms with Gasteiger partial charge in [0.1, 0.15) is 0 Å². The van der Waals surface area contributed by atoms with Gasteiger partial charge in [0.25, 0.3) is 0 Å². The van der Waals surface area contributed by atoms with Gasteiger partial charge < -0.3 is 0 Å². The molecule has 0 aliphatic carbocycles. The van der Waals surface area contributed by atoms with Crippen LogP contribution in [0.4, 0.5) is 0 Å². The zero-order valence-corrected chi connectivity index (χ0v) is 8.18. The fourth-order valence-corrected chi connectivity index (χ4v) is 0.597. The molecule has 0 atom stereocenters. The Balaban J connectivity index is 0.000000241. The van der Waals surface area contributed by atoms with E-state index in [-0.39, 0.29) is 0 Å². The topological polar surface area (TPSA) is 110 Å². The molecule has 0 saturated carbocycles. The van der Waals surface area contributed by atoms with Gasteiger partial charge in [0, 0.05) is 12.4 Å². The van der Waals surface area contributed by atoms with Gasteiger partial charge in [0.2, 0.25) is 0 Å². The second-order valence-corrected chi connectivity index (χ2v) is 2.46. The number of aryl methyl sites for hydroxylation is 1. The average molecular weight is 241 g/mol. The van der Waals surface area contributed by atoms with Crippen molar-refractivity contribution in [3.05, 3.63) is 51.0 Å². The molecule has 0 fully saturated rings. The van der Waals surface area contributed by atoms with Gasteiger partial charge in [0.05, 0.1) is 0 Å². The van der Waals surface area contributed by atoms with Crippen LogP contribution in [-0.4, -0.2) is 4.98 Å². The molecule has 1 aromatic heterocycles. The number of aromatic nitrogens is 1. The van der Waals surface area contributed by atoms with Crippen molar-refractivity contribution in [2.45, 2.75) is 6.92 Å². The Morgan fingerprint density at radius 1 is 1.36 bits per heavy atom. The molecular weight excluding hydrogens is 234 g/mol. The first-order valence-corrected chi connectivity index (χ1v) is 4.17. The summed E-state index contributed by atoms with van der Waals surface area (Å²) in [7, 11) is 0. The van der Waals surface area contributed by atoms with Gasteiger partial charge in [-0.1, -0.05) is 6.07 Å². The number of nitrogens with zero attached hydrogens (tertiary/aromatic N) is 7. The average Bonchev–Trinajstić information content (AvgIpc) is 2.21. The third-order valence-corrected chi connectivity index (χ3v) is 1.25. The minimum absolute atomic E-state index is 0.547. The van der Waals surface area contributed by atoms with Crippen LogP contribution in [0.2, 0.25) is 0 Å². The second kappa shape index (κ2) is 9.38. The first kappa shape index (κ1) is 12.3. The standard InChI is InChI=1S/C6H7N.Cu.2N3/c1-6-3-2-4-7-5-6;;2*1-3-2/h2-5H,1H3;;;/q;+2;2*-1. The Labute approximate surface area is 87.0 Å². The summed E-state index contributed by atoms with van der Waals surface area (Å²) in [5.41, 5.74) is 16.3. The molecular formula is C6H7CuN7. The molecule has 0 aliphatic heterocycles. The van der Waals surface area contributed by atoms with E-state index in [0.29, 0.717) is 15.4 Å². The molecule has 0 saturated heterocycles. The number of hydrogen-bond donors (Lipinski definition) is 0. The van der Waals surface area contributed by atoms with E-state index in [1.54, 1.807) is 6.20 Å². The Morgan fingerprint density at radius 2 is 2.00 bits per heavy atom. The first-order chi connectivity index (χ1) is 6.81. The third-order valence-electron chi connectivity index (χ3n) is 0.917. The van der Waals surface area contributed by atoms with Crippen LogP contribution >= 0.6 is 0 Å². The molecule has 77 valence electrons. The number of rotatable bonds is 2. The van der Waals surface area contributed by atoms with E-state index in [0.717, 1.165) is 0 Å². The van der Waals surface area contributed by atoms with E-state index in [9.17, 15) is 0 Å². The molecule has 0 radical (unpaired) electrons. The minimum atomic E-state index is 0.547. The van der Waals surface area contributed by atoms with Crippen LogP contribution in [0, 0.1) is 6.92 Å². The van der Waals surface area contributed by atoms with Gasteiger partial charge in [-0.3, -0.25) is 4.98 Å². The van der Waals surface area contributed by atoms with Crippen molar-refractivity contribution < 1.29 is 15.4 Å². The summed E-state index contributed by atoms with van der Waals surface area (Å²) in [6.45, 7) is 2.02. The fourth-order valence-electron chi connectivity index (χ4n) is 0.484. The molecule has 0 amide bonds. The number of pyridine rings is 1. The van der Waals surface area contributed by atoms with Crippen molar-refractivity contribution in [3.8, 4) is 0 Å². The molecule has 0 aromatic carbocycles. The maximum atomic E-state index is 7.54. The molecule has 8 heteroatoms. The summed E-state index contributed by atoms with van der Waals surface area (Å²) in [4.78, 5) is 8.47. The molecule has 0 spiro atoms. The van der Waals surface area contributed by atoms with Crippen LogP contribution in [0.3, 0.4) is 0 Å². The molecule has 1 rings (SSSR count). The Hall–Kier alpha value is -1.71. The van der Waals surface area contributed by atoms with Crippen molar-refractivity contribution in [2.75, 3.05) is 0 Å². The molecule has 0 unspecified atom stereocenters. The van der Waals surface area contributed by atoms with Gasteiger partial charge in [-0.2, -0.15) is 0 Å². The molecule has 7 nitrogen and oxygen atoms in total. The normalized spacial score (nSPS) is 7.50. The van der Waals surface area contributed by atoms with E-state index in [4.69, 9.17) is 11.1 Å². The zero-order valence-electron chi connectivity index (χ0n) is 7.24. The molecule has 0 N–H and O–H groups in total. The zero-order chi connectivity index (χ0) is 10.6. The van der Waals surface area contributed by atoms with E-state index in [2.05, 4.69) is 23.1 Å². The van der Waals surface area contributed by atoms with Crippen molar-refractivity contribution in [3.63, 3.8) is 0 Å². The first-order valence-electron chi connectivity index (χ1n) is 3.33. The van der Waals surface area contributed by atoms with E-state index < -0.39 is 0 Å². The molecule has 1 aromatic rings. The Kier molecular flexibility index (Phi) is 8.23. The fraction of sp³-hybridized carbons (Fsp3) is 0.167. The second-order valence-electron chi connectivity index (χ2n) is 1.89. The van der Waals surface area contributed by atoms with Crippen LogP contribution in [0.1, 0.15) is 5.56 Å². The summed E-state index contributed by atoms with van der Waals surface area (Å²) in [6.07, 6.45) is 3.60. The predicted molar refractivity (Wildman–Crippen MR) is 47.3 cm³/mol. The number of azide groups is 1. The van der Waals surface area contributed by atoms with Crippen molar-refractivity contribution in [1.29, 1.82) is 0 Å². The molecule has 0 bridgehead atoms. The molecule has 0 aliphatic rings. The quantitative estimate of drug-likeness (QED) is 0.337. The molecule has 1 heterocycles. The van der Waals surface area contributed by atoms with Gasteiger partial charge in [-0.25, -0.2) is 0 Å². The van der Waals surface area contributed by atoms with Crippen LogP contribution in [-0.2, 0) is 15.4 Å². The third kappa shape index (κ3) is 8.39. The van der Waals surface area contributed by atoms with Crippen LogP contribution in [0.25, 0.3) is 20.9 Å². The van der Waals surface area contributed by atoms with Gasteiger partial charge >= 0.3 is 44.5 Å². The monoisotopic (exact) mass is 240 g/mol. The Morgan fingerprint density at radius 3 is 2.29 bits per heavy atom. The SMILES string of the molecule is Cc1cccnc1.[N-]=[N+]=[N][Cu][N]=[N+]=[N-]. The predicted octanol–water partition coefficient (Wildman–Crippen LogP) is 2.91. The van der Waals surface area contributed by atoms with Crippen molar-refractivity contribution in [2.24, 2.45) is 8.26 Å². The van der Waals surface area contributed by atoms with Gasteiger partial charge in [-0.05, 0) is 18.6 Å². The summed E-state index contributed by atoms with van der Waals surface area (Å²) in [5, 5.41) is 0.